The van der Waals surface area contributed by atoms with Crippen molar-refractivity contribution < 1.29 is 9.59 Å². The first-order chi connectivity index (χ1) is 10.0. The third-order valence-corrected chi connectivity index (χ3v) is 5.53. The van der Waals surface area contributed by atoms with E-state index < -0.39 is 5.54 Å². The average molecular weight is 293 g/mol. The van der Waals surface area contributed by atoms with Gasteiger partial charge in [0.25, 0.3) is 0 Å². The summed E-state index contributed by atoms with van der Waals surface area (Å²) in [6.07, 6.45) is 5.87. The molecule has 2 atom stereocenters. The molecule has 0 aromatic heterocycles. The van der Waals surface area contributed by atoms with Gasteiger partial charge in [-0.05, 0) is 38.8 Å². The Balaban J connectivity index is 1.81. The van der Waals surface area contributed by atoms with E-state index >= 15 is 0 Å². The number of piperidine rings is 1. The molecular weight excluding hydrogens is 266 g/mol. The molecule has 5 heteroatoms. The molecule has 118 valence electrons. The topological polar surface area (TPSA) is 52.6 Å². The van der Waals surface area contributed by atoms with Crippen molar-refractivity contribution in [2.45, 2.75) is 57.0 Å². The normalized spacial score (nSPS) is 34.1. The van der Waals surface area contributed by atoms with Crippen molar-refractivity contribution in [2.75, 3.05) is 26.7 Å². The number of piperazine rings is 1. The highest BCUT2D eigenvalue weighted by Crippen LogP contribution is 2.34. The summed E-state index contributed by atoms with van der Waals surface area (Å²) in [5, 5.41) is 3.03. The molecular formula is C16H27N3O2. The minimum Gasteiger partial charge on any atom is -0.340 e. The Hall–Kier alpha value is -1.10. The quantitative estimate of drug-likeness (QED) is 0.784. The highest BCUT2D eigenvalue weighted by atomic mass is 16.2. The number of hydrogen-bond acceptors (Lipinski definition) is 3. The lowest BCUT2D eigenvalue weighted by Crippen LogP contribution is -2.70. The number of hydrogen-bond donors (Lipinski definition) is 1. The maximum Gasteiger partial charge on any atom is 0.249 e. The van der Waals surface area contributed by atoms with Gasteiger partial charge in [-0.3, -0.25) is 9.59 Å². The number of nitrogens with zero attached hydrogens (tertiary/aromatic N) is 2. The van der Waals surface area contributed by atoms with Crippen molar-refractivity contribution in [1.82, 2.24) is 15.1 Å². The number of amides is 2. The van der Waals surface area contributed by atoms with Gasteiger partial charge in [0.05, 0.1) is 6.54 Å². The second-order valence-corrected chi connectivity index (χ2v) is 7.22. The van der Waals surface area contributed by atoms with E-state index in [1.165, 1.54) is 6.42 Å². The summed E-state index contributed by atoms with van der Waals surface area (Å²) in [6.45, 7) is 4.46. The monoisotopic (exact) mass is 293 g/mol. The van der Waals surface area contributed by atoms with E-state index in [0.29, 0.717) is 5.92 Å². The minimum absolute atomic E-state index is 0.0302. The van der Waals surface area contributed by atoms with Crippen LogP contribution in [-0.4, -0.2) is 59.9 Å². The highest BCUT2D eigenvalue weighted by molar-refractivity contribution is 5.98. The number of carbonyl (C=O) groups is 2. The van der Waals surface area contributed by atoms with Crippen LogP contribution in [0, 0.1) is 5.92 Å². The van der Waals surface area contributed by atoms with Crippen LogP contribution in [0.3, 0.4) is 0 Å². The second-order valence-electron chi connectivity index (χ2n) is 7.22. The van der Waals surface area contributed by atoms with Crippen LogP contribution in [0.25, 0.3) is 0 Å². The third kappa shape index (κ3) is 2.68. The van der Waals surface area contributed by atoms with E-state index in [0.717, 1.165) is 45.2 Å². The van der Waals surface area contributed by atoms with Crippen LogP contribution in [0.1, 0.15) is 45.4 Å². The molecule has 1 spiro atoms. The summed E-state index contributed by atoms with van der Waals surface area (Å²) in [7, 11) is 2.13. The molecule has 2 amide bonds. The molecule has 2 unspecified atom stereocenters. The van der Waals surface area contributed by atoms with Gasteiger partial charge in [-0.1, -0.05) is 26.2 Å². The highest BCUT2D eigenvalue weighted by Gasteiger charge is 2.49. The maximum absolute atomic E-state index is 13.1. The SMILES string of the molecule is CC1CN(C)CCC1N1CC(=O)NC2(CCCCC2)C1=O. The van der Waals surface area contributed by atoms with Gasteiger partial charge >= 0.3 is 0 Å². The molecule has 3 fully saturated rings. The van der Waals surface area contributed by atoms with E-state index in [4.69, 9.17) is 0 Å². The standard InChI is InChI=1S/C16H27N3O2/c1-12-10-18(2)9-6-13(12)19-11-14(20)17-16(15(19)21)7-4-3-5-8-16/h12-13H,3-11H2,1-2H3,(H,17,20). The summed E-state index contributed by atoms with van der Waals surface area (Å²) in [5.41, 5.74) is -0.587. The fraction of sp³-hybridized carbons (Fsp3) is 0.875. The lowest BCUT2D eigenvalue weighted by atomic mass is 9.78. The molecule has 0 bridgehead atoms. The average Bonchev–Trinajstić information content (AvgIpc) is 2.44. The predicted molar refractivity (Wildman–Crippen MR) is 80.7 cm³/mol. The Morgan fingerprint density at radius 2 is 1.90 bits per heavy atom. The summed E-state index contributed by atoms with van der Waals surface area (Å²) < 4.78 is 0. The molecule has 1 N–H and O–H groups in total. The fourth-order valence-corrected chi connectivity index (χ4v) is 4.43. The molecule has 2 aliphatic heterocycles. The first-order valence-electron chi connectivity index (χ1n) is 8.32. The van der Waals surface area contributed by atoms with E-state index in [9.17, 15) is 9.59 Å². The van der Waals surface area contributed by atoms with Gasteiger partial charge in [0.15, 0.2) is 0 Å². The largest absolute Gasteiger partial charge is 0.340 e. The van der Waals surface area contributed by atoms with Gasteiger partial charge in [-0.2, -0.15) is 0 Å². The molecule has 21 heavy (non-hydrogen) atoms. The predicted octanol–water partition coefficient (Wildman–Crippen LogP) is 0.988. The van der Waals surface area contributed by atoms with E-state index in [1.54, 1.807) is 0 Å². The molecule has 0 aromatic carbocycles. The van der Waals surface area contributed by atoms with Gasteiger partial charge in [0, 0.05) is 12.6 Å². The molecule has 1 saturated carbocycles. The van der Waals surface area contributed by atoms with Gasteiger partial charge in [-0.25, -0.2) is 0 Å². The van der Waals surface area contributed by atoms with Crippen LogP contribution in [0.2, 0.25) is 0 Å². The van der Waals surface area contributed by atoms with Crippen LogP contribution in [-0.2, 0) is 9.59 Å². The number of nitrogens with one attached hydrogen (secondary N) is 1. The molecule has 0 radical (unpaired) electrons. The van der Waals surface area contributed by atoms with E-state index in [-0.39, 0.29) is 24.4 Å². The van der Waals surface area contributed by atoms with Crippen LogP contribution in [0.5, 0.6) is 0 Å². The van der Waals surface area contributed by atoms with Gasteiger partial charge in [0.2, 0.25) is 11.8 Å². The summed E-state index contributed by atoms with van der Waals surface area (Å²) >= 11 is 0. The molecule has 5 nitrogen and oxygen atoms in total. The van der Waals surface area contributed by atoms with Crippen LogP contribution in [0.15, 0.2) is 0 Å². The number of carbonyl (C=O) groups excluding carboxylic acids is 2. The maximum atomic E-state index is 13.1. The zero-order valence-corrected chi connectivity index (χ0v) is 13.2. The van der Waals surface area contributed by atoms with Gasteiger partial charge in [0.1, 0.15) is 5.54 Å². The zero-order valence-electron chi connectivity index (χ0n) is 13.2. The molecule has 3 aliphatic rings. The number of likely N-dealkylation sites (tertiary alicyclic amines) is 1. The van der Waals surface area contributed by atoms with Crippen molar-refractivity contribution in [2.24, 2.45) is 5.92 Å². The first kappa shape index (κ1) is 14.8. The van der Waals surface area contributed by atoms with Crippen LogP contribution < -0.4 is 5.32 Å². The Labute approximate surface area is 127 Å². The van der Waals surface area contributed by atoms with E-state index in [2.05, 4.69) is 24.2 Å². The number of rotatable bonds is 1. The Morgan fingerprint density at radius 3 is 2.57 bits per heavy atom. The molecule has 2 saturated heterocycles. The molecule has 0 aromatic rings. The fourth-order valence-electron chi connectivity index (χ4n) is 4.43. The van der Waals surface area contributed by atoms with E-state index in [1.807, 2.05) is 4.90 Å². The zero-order chi connectivity index (χ0) is 15.0. The molecule has 1 aliphatic carbocycles. The van der Waals surface area contributed by atoms with Crippen molar-refractivity contribution in [3.05, 3.63) is 0 Å². The lowest BCUT2D eigenvalue weighted by molar-refractivity contribution is -0.156. The van der Waals surface area contributed by atoms with Gasteiger partial charge in [-0.15, -0.1) is 0 Å². The smallest absolute Gasteiger partial charge is 0.249 e. The second kappa shape index (κ2) is 5.59. The van der Waals surface area contributed by atoms with Crippen molar-refractivity contribution >= 4 is 11.8 Å². The summed E-state index contributed by atoms with van der Waals surface area (Å²) in [6, 6.07) is 0.221. The molecule has 2 heterocycles. The van der Waals surface area contributed by atoms with Crippen LogP contribution >= 0.6 is 0 Å². The molecule has 3 rings (SSSR count). The summed E-state index contributed by atoms with van der Waals surface area (Å²) in [5.74, 6) is 0.644. The Kier molecular flexibility index (Phi) is 3.95. The van der Waals surface area contributed by atoms with Crippen molar-refractivity contribution in [1.29, 1.82) is 0 Å². The minimum atomic E-state index is -0.587. The Bertz CT molecular complexity index is 431. The summed E-state index contributed by atoms with van der Waals surface area (Å²) in [4.78, 5) is 29.5. The third-order valence-electron chi connectivity index (χ3n) is 5.53. The lowest BCUT2D eigenvalue weighted by Gasteiger charge is -2.49. The van der Waals surface area contributed by atoms with Crippen molar-refractivity contribution in [3.63, 3.8) is 0 Å². The van der Waals surface area contributed by atoms with Gasteiger partial charge < -0.3 is 15.1 Å². The van der Waals surface area contributed by atoms with Crippen LogP contribution in [0.4, 0.5) is 0 Å². The Morgan fingerprint density at radius 1 is 1.19 bits per heavy atom. The van der Waals surface area contributed by atoms with Crippen molar-refractivity contribution in [3.8, 4) is 0 Å². The first-order valence-corrected chi connectivity index (χ1v) is 8.32.